The Balaban J connectivity index is 1.85. The van der Waals surface area contributed by atoms with Gasteiger partial charge >= 0.3 is 5.97 Å². The third kappa shape index (κ3) is 1.87. The molecule has 0 N–H and O–H groups in total. The van der Waals surface area contributed by atoms with Crippen molar-refractivity contribution in [3.8, 4) is 0 Å². The molecule has 1 saturated heterocycles. The van der Waals surface area contributed by atoms with Crippen LogP contribution in [0.4, 0.5) is 0 Å². The van der Waals surface area contributed by atoms with E-state index in [1.807, 2.05) is 6.07 Å². The molecule has 0 amide bonds. The van der Waals surface area contributed by atoms with E-state index in [2.05, 4.69) is 49.9 Å². The summed E-state index contributed by atoms with van der Waals surface area (Å²) in [4.78, 5) is 14.5. The molecule has 2 fully saturated rings. The van der Waals surface area contributed by atoms with E-state index in [9.17, 15) is 4.79 Å². The first-order chi connectivity index (χ1) is 9.48. The zero-order chi connectivity index (χ0) is 14.5. The standard InChI is InChI=1S/C17H23NO2/c1-11(12-8-6-5-7-9-12)18-10-13-14(17(13,2)3)15(18)16(19)20-4/h5-9,11,13-15H,10H2,1-4H3. The first-order valence-electron chi connectivity index (χ1n) is 7.37. The van der Waals surface area contributed by atoms with Crippen LogP contribution in [0.2, 0.25) is 0 Å². The van der Waals surface area contributed by atoms with Crippen molar-refractivity contribution >= 4 is 5.97 Å². The lowest BCUT2D eigenvalue weighted by Crippen LogP contribution is -2.43. The van der Waals surface area contributed by atoms with E-state index >= 15 is 0 Å². The number of carbonyl (C=O) groups excluding carboxylic acids is 1. The van der Waals surface area contributed by atoms with Gasteiger partial charge in [0.15, 0.2) is 0 Å². The normalized spacial score (nSPS) is 32.5. The predicted octanol–water partition coefficient (Wildman–Crippen LogP) is 2.88. The number of benzene rings is 1. The molecule has 1 saturated carbocycles. The van der Waals surface area contributed by atoms with Gasteiger partial charge in [-0.3, -0.25) is 9.69 Å². The monoisotopic (exact) mass is 273 g/mol. The molecule has 1 heterocycles. The SMILES string of the molecule is COC(=O)C1C2C(CN1C(C)c1ccccc1)C2(C)C. The number of ether oxygens (including phenoxy) is 1. The number of carbonyl (C=O) groups is 1. The molecule has 0 radical (unpaired) electrons. The molecule has 0 bridgehead atoms. The fourth-order valence-electron chi connectivity index (χ4n) is 4.03. The van der Waals surface area contributed by atoms with Gasteiger partial charge in [0, 0.05) is 12.6 Å². The zero-order valence-corrected chi connectivity index (χ0v) is 12.7. The van der Waals surface area contributed by atoms with E-state index in [1.54, 1.807) is 0 Å². The van der Waals surface area contributed by atoms with Gasteiger partial charge in [0.2, 0.25) is 0 Å². The Kier molecular flexibility index (Phi) is 3.13. The van der Waals surface area contributed by atoms with Gasteiger partial charge in [0.1, 0.15) is 6.04 Å². The van der Waals surface area contributed by atoms with Crippen LogP contribution in [0, 0.1) is 17.3 Å². The van der Waals surface area contributed by atoms with E-state index in [-0.39, 0.29) is 23.5 Å². The fraction of sp³-hybridized carbons (Fsp3) is 0.588. The van der Waals surface area contributed by atoms with Crippen molar-refractivity contribution in [2.24, 2.45) is 17.3 Å². The van der Waals surface area contributed by atoms with Crippen LogP contribution in [-0.4, -0.2) is 30.6 Å². The summed E-state index contributed by atoms with van der Waals surface area (Å²) in [6, 6.07) is 10.6. The average Bonchev–Trinajstić information content (AvgIpc) is 2.83. The minimum atomic E-state index is -0.0878. The number of esters is 1. The molecule has 3 rings (SSSR count). The van der Waals surface area contributed by atoms with Gasteiger partial charge in [0.05, 0.1) is 7.11 Å². The highest BCUT2D eigenvalue weighted by Crippen LogP contribution is 2.65. The Labute approximate surface area is 120 Å². The summed E-state index contributed by atoms with van der Waals surface area (Å²) in [7, 11) is 1.50. The van der Waals surface area contributed by atoms with Gasteiger partial charge in [-0.25, -0.2) is 0 Å². The molecule has 1 aromatic rings. The van der Waals surface area contributed by atoms with E-state index in [0.29, 0.717) is 11.8 Å². The number of likely N-dealkylation sites (tertiary alicyclic amines) is 1. The lowest BCUT2D eigenvalue weighted by Gasteiger charge is -2.34. The quantitative estimate of drug-likeness (QED) is 0.793. The second-order valence-corrected chi connectivity index (χ2v) is 6.71. The molecule has 2 aliphatic rings. The summed E-state index contributed by atoms with van der Waals surface area (Å²) in [6.45, 7) is 7.71. The largest absolute Gasteiger partial charge is 0.468 e. The molecule has 1 aromatic carbocycles. The summed E-state index contributed by atoms with van der Waals surface area (Å²) in [5, 5.41) is 0. The van der Waals surface area contributed by atoms with Crippen LogP contribution in [0.1, 0.15) is 32.4 Å². The predicted molar refractivity (Wildman–Crippen MR) is 78.1 cm³/mol. The first-order valence-corrected chi connectivity index (χ1v) is 7.37. The number of fused-ring (bicyclic) bond motifs is 1. The fourth-order valence-corrected chi connectivity index (χ4v) is 4.03. The Morgan fingerprint density at radius 1 is 1.35 bits per heavy atom. The maximum absolute atomic E-state index is 12.2. The minimum absolute atomic E-state index is 0.0779. The smallest absolute Gasteiger partial charge is 0.323 e. The van der Waals surface area contributed by atoms with Gasteiger partial charge in [-0.1, -0.05) is 44.2 Å². The number of methoxy groups -OCH3 is 1. The molecule has 1 aliphatic heterocycles. The van der Waals surface area contributed by atoms with Crippen molar-refractivity contribution in [3.05, 3.63) is 35.9 Å². The molecule has 20 heavy (non-hydrogen) atoms. The second kappa shape index (κ2) is 4.59. The van der Waals surface area contributed by atoms with Crippen LogP contribution >= 0.6 is 0 Å². The molecule has 3 heteroatoms. The molecule has 0 aromatic heterocycles. The topological polar surface area (TPSA) is 29.5 Å². The highest BCUT2D eigenvalue weighted by Gasteiger charge is 2.69. The first kappa shape index (κ1) is 13.6. The maximum atomic E-state index is 12.2. The Hall–Kier alpha value is -1.35. The second-order valence-electron chi connectivity index (χ2n) is 6.71. The van der Waals surface area contributed by atoms with Crippen LogP contribution in [0.15, 0.2) is 30.3 Å². The Bertz CT molecular complexity index is 511. The summed E-state index contributed by atoms with van der Waals surface area (Å²) >= 11 is 0. The molecule has 0 spiro atoms. The molecular formula is C17H23NO2. The van der Waals surface area contributed by atoms with Crippen molar-refractivity contribution in [2.75, 3.05) is 13.7 Å². The van der Waals surface area contributed by atoms with Crippen LogP contribution < -0.4 is 0 Å². The minimum Gasteiger partial charge on any atom is -0.468 e. The van der Waals surface area contributed by atoms with Gasteiger partial charge in [-0.05, 0) is 29.7 Å². The summed E-state index contributed by atoms with van der Waals surface area (Å²) in [5.41, 5.74) is 1.55. The third-order valence-electron chi connectivity index (χ3n) is 5.47. The van der Waals surface area contributed by atoms with Crippen molar-refractivity contribution < 1.29 is 9.53 Å². The highest BCUT2D eigenvalue weighted by atomic mass is 16.5. The lowest BCUT2D eigenvalue weighted by molar-refractivity contribution is -0.148. The van der Waals surface area contributed by atoms with Gasteiger partial charge in [-0.15, -0.1) is 0 Å². The summed E-state index contributed by atoms with van der Waals surface area (Å²) < 4.78 is 5.06. The molecule has 3 nitrogen and oxygen atoms in total. The number of hydrogen-bond donors (Lipinski definition) is 0. The molecule has 4 atom stereocenters. The van der Waals surface area contributed by atoms with Crippen LogP contribution in [0.3, 0.4) is 0 Å². The van der Waals surface area contributed by atoms with Crippen LogP contribution in [-0.2, 0) is 9.53 Å². The number of hydrogen-bond acceptors (Lipinski definition) is 3. The van der Waals surface area contributed by atoms with Gasteiger partial charge in [0.25, 0.3) is 0 Å². The zero-order valence-electron chi connectivity index (χ0n) is 12.7. The van der Waals surface area contributed by atoms with E-state index in [4.69, 9.17) is 4.74 Å². The third-order valence-corrected chi connectivity index (χ3v) is 5.47. The molecular weight excluding hydrogens is 250 g/mol. The lowest BCUT2D eigenvalue weighted by atomic mass is 9.98. The maximum Gasteiger partial charge on any atom is 0.323 e. The highest BCUT2D eigenvalue weighted by molar-refractivity contribution is 5.78. The molecule has 4 unspecified atom stereocenters. The number of piperidine rings is 1. The van der Waals surface area contributed by atoms with Crippen molar-refractivity contribution in [1.82, 2.24) is 4.90 Å². The molecule has 1 aliphatic carbocycles. The van der Waals surface area contributed by atoms with Gasteiger partial charge in [-0.2, -0.15) is 0 Å². The van der Waals surface area contributed by atoms with E-state index < -0.39 is 0 Å². The van der Waals surface area contributed by atoms with Crippen molar-refractivity contribution in [2.45, 2.75) is 32.9 Å². The Morgan fingerprint density at radius 3 is 2.60 bits per heavy atom. The number of rotatable bonds is 3. The Morgan fingerprint density at radius 2 is 2.00 bits per heavy atom. The van der Waals surface area contributed by atoms with E-state index in [0.717, 1.165) is 6.54 Å². The number of nitrogens with zero attached hydrogens (tertiary/aromatic N) is 1. The van der Waals surface area contributed by atoms with Crippen LogP contribution in [0.5, 0.6) is 0 Å². The van der Waals surface area contributed by atoms with Crippen molar-refractivity contribution in [1.29, 1.82) is 0 Å². The van der Waals surface area contributed by atoms with Crippen LogP contribution in [0.25, 0.3) is 0 Å². The van der Waals surface area contributed by atoms with Crippen molar-refractivity contribution in [3.63, 3.8) is 0 Å². The molecule has 108 valence electrons. The van der Waals surface area contributed by atoms with Gasteiger partial charge < -0.3 is 4.74 Å². The summed E-state index contributed by atoms with van der Waals surface area (Å²) in [6.07, 6.45) is 0. The average molecular weight is 273 g/mol. The summed E-state index contributed by atoms with van der Waals surface area (Å²) in [5.74, 6) is 0.990. The van der Waals surface area contributed by atoms with E-state index in [1.165, 1.54) is 12.7 Å².